The van der Waals surface area contributed by atoms with E-state index in [1.54, 1.807) is 0 Å². The summed E-state index contributed by atoms with van der Waals surface area (Å²) in [6.07, 6.45) is 1.60. The number of carbonyl (C=O) groups excluding carboxylic acids is 2. The molecule has 1 aliphatic rings. The molecule has 0 saturated carbocycles. The number of hydrogen-bond donors (Lipinski definition) is 1. The molecule has 172 valence electrons. The predicted octanol–water partition coefficient (Wildman–Crippen LogP) is 2.40. The van der Waals surface area contributed by atoms with Crippen molar-refractivity contribution in [3.8, 4) is 11.3 Å². The van der Waals surface area contributed by atoms with Gasteiger partial charge in [0.2, 0.25) is 5.90 Å². The van der Waals surface area contributed by atoms with Gasteiger partial charge in [0.05, 0.1) is 33.6 Å². The van der Waals surface area contributed by atoms with Gasteiger partial charge in [-0.2, -0.15) is 0 Å². The number of piperidine rings is 1. The van der Waals surface area contributed by atoms with Gasteiger partial charge in [-0.05, 0) is 25.0 Å². The van der Waals surface area contributed by atoms with E-state index in [9.17, 15) is 9.59 Å². The fourth-order valence-corrected chi connectivity index (χ4v) is 4.54. The Morgan fingerprint density at radius 2 is 1.75 bits per heavy atom. The summed E-state index contributed by atoms with van der Waals surface area (Å²) in [7, 11) is 4.24. The lowest BCUT2D eigenvalue weighted by atomic mass is 10.0. The summed E-state index contributed by atoms with van der Waals surface area (Å²) in [5.74, 6) is -0.453. The van der Waals surface area contributed by atoms with Crippen molar-refractivity contribution in [3.05, 3.63) is 35.2 Å². The number of aromatic nitrogens is 1. The van der Waals surface area contributed by atoms with Crippen LogP contribution in [0.25, 0.3) is 11.3 Å². The molecule has 2 aromatic rings. The lowest BCUT2D eigenvalue weighted by Gasteiger charge is -2.37. The average molecular weight is 461 g/mol. The van der Waals surface area contributed by atoms with Gasteiger partial charge in [-0.1, -0.05) is 12.1 Å². The molecule has 0 aliphatic carbocycles. The normalized spacial score (nSPS) is 14.6. The molecule has 0 atom stereocenters. The van der Waals surface area contributed by atoms with Crippen LogP contribution in [-0.4, -0.2) is 81.3 Å². The van der Waals surface area contributed by atoms with E-state index in [-0.39, 0.29) is 37.0 Å². The smallest absolute Gasteiger partial charge is 0.325 e. The van der Waals surface area contributed by atoms with Gasteiger partial charge in [-0.25, -0.2) is 4.98 Å². The largest absolute Gasteiger partial charge is 0.481 e. The second kappa shape index (κ2) is 11.1. The van der Waals surface area contributed by atoms with E-state index in [2.05, 4.69) is 4.90 Å². The Bertz CT molecular complexity index is 938. The molecular weight excluding hydrogens is 432 g/mol. The summed E-state index contributed by atoms with van der Waals surface area (Å²) in [5, 5.41) is 10.5. The fraction of sp³-hybridized carbons (Fsp3) is 0.455. The van der Waals surface area contributed by atoms with Crippen molar-refractivity contribution in [2.75, 3.05) is 52.4 Å². The highest BCUT2D eigenvalue weighted by molar-refractivity contribution is 7.14. The summed E-state index contributed by atoms with van der Waals surface area (Å²) in [4.78, 5) is 32.5. The van der Waals surface area contributed by atoms with Crippen molar-refractivity contribution < 1.29 is 23.8 Å². The maximum atomic E-state index is 12.1. The number of benzene rings is 1. The molecule has 0 amide bonds. The minimum absolute atomic E-state index is 0.110. The summed E-state index contributed by atoms with van der Waals surface area (Å²) < 4.78 is 14.6. The molecule has 0 unspecified atom stereocenters. The molecule has 0 spiro atoms. The zero-order chi connectivity index (χ0) is 23.1. The van der Waals surface area contributed by atoms with Crippen molar-refractivity contribution >= 4 is 34.3 Å². The molecule has 1 aliphatic heterocycles. The van der Waals surface area contributed by atoms with E-state index in [4.69, 9.17) is 24.6 Å². The van der Waals surface area contributed by atoms with Crippen molar-refractivity contribution in [3.63, 3.8) is 0 Å². The highest BCUT2D eigenvalue weighted by atomic mass is 32.1. The SMILES string of the molecule is COC(=N)c1ccc(-c2csc(N(CC(=O)OC)C3CCN(CC(=O)OC)CC3)n2)cc1. The van der Waals surface area contributed by atoms with E-state index in [1.165, 1.54) is 32.7 Å². The maximum absolute atomic E-state index is 12.1. The number of methoxy groups -OCH3 is 3. The molecule has 0 radical (unpaired) electrons. The molecule has 1 fully saturated rings. The molecule has 3 rings (SSSR count). The third-order valence-electron chi connectivity index (χ3n) is 5.49. The summed E-state index contributed by atoms with van der Waals surface area (Å²) >= 11 is 1.48. The van der Waals surface area contributed by atoms with E-state index < -0.39 is 0 Å². The third kappa shape index (κ3) is 5.83. The lowest BCUT2D eigenvalue weighted by molar-refractivity contribution is -0.142. The molecule has 0 bridgehead atoms. The number of nitrogens with one attached hydrogen (secondary N) is 1. The Labute approximate surface area is 191 Å². The van der Waals surface area contributed by atoms with Gasteiger partial charge in [0.25, 0.3) is 0 Å². The van der Waals surface area contributed by atoms with Crippen LogP contribution in [0.2, 0.25) is 0 Å². The Morgan fingerprint density at radius 1 is 1.09 bits per heavy atom. The number of likely N-dealkylation sites (tertiary alicyclic amines) is 1. The second-order valence-corrected chi connectivity index (χ2v) is 8.25. The van der Waals surface area contributed by atoms with Crippen molar-refractivity contribution in [1.82, 2.24) is 9.88 Å². The van der Waals surface area contributed by atoms with Gasteiger partial charge in [0.1, 0.15) is 6.54 Å². The van der Waals surface area contributed by atoms with E-state index in [1.807, 2.05) is 34.5 Å². The number of hydrogen-bond acceptors (Lipinski definition) is 10. The van der Waals surface area contributed by atoms with Crippen LogP contribution in [0.5, 0.6) is 0 Å². The Morgan fingerprint density at radius 3 is 2.34 bits per heavy atom. The molecule has 1 saturated heterocycles. The van der Waals surface area contributed by atoms with Crippen molar-refractivity contribution in [1.29, 1.82) is 5.41 Å². The van der Waals surface area contributed by atoms with E-state index in [0.29, 0.717) is 5.56 Å². The molecule has 9 nitrogen and oxygen atoms in total. The lowest BCUT2D eigenvalue weighted by Crippen LogP contribution is -2.48. The summed E-state index contributed by atoms with van der Waals surface area (Å²) in [6, 6.07) is 7.56. The first-order chi connectivity index (χ1) is 15.4. The van der Waals surface area contributed by atoms with Gasteiger partial charge in [-0.15, -0.1) is 11.3 Å². The van der Waals surface area contributed by atoms with E-state index >= 15 is 0 Å². The number of rotatable bonds is 8. The first-order valence-corrected chi connectivity index (χ1v) is 11.1. The first-order valence-electron chi connectivity index (χ1n) is 10.3. The van der Waals surface area contributed by atoms with Gasteiger partial charge < -0.3 is 19.1 Å². The van der Waals surface area contributed by atoms with Crippen molar-refractivity contribution in [2.24, 2.45) is 0 Å². The molecule has 2 heterocycles. The molecule has 1 aromatic heterocycles. The Hall–Kier alpha value is -2.98. The zero-order valence-electron chi connectivity index (χ0n) is 18.5. The molecule has 1 aromatic carbocycles. The van der Waals surface area contributed by atoms with Crippen LogP contribution in [-0.2, 0) is 23.8 Å². The number of anilines is 1. The van der Waals surface area contributed by atoms with Gasteiger partial charge in [0, 0.05) is 35.6 Å². The quantitative estimate of drug-likeness (QED) is 0.364. The minimum atomic E-state index is -0.318. The number of thiazole rings is 1. The minimum Gasteiger partial charge on any atom is -0.481 e. The topological polar surface area (TPSA) is 105 Å². The van der Waals surface area contributed by atoms with Gasteiger partial charge in [0.15, 0.2) is 5.13 Å². The van der Waals surface area contributed by atoms with Crippen molar-refractivity contribution in [2.45, 2.75) is 18.9 Å². The Kier molecular flexibility index (Phi) is 8.18. The second-order valence-electron chi connectivity index (χ2n) is 7.41. The Balaban J connectivity index is 1.74. The van der Waals surface area contributed by atoms with Crippen LogP contribution in [0.3, 0.4) is 0 Å². The maximum Gasteiger partial charge on any atom is 0.325 e. The number of ether oxygens (including phenoxy) is 3. The summed E-state index contributed by atoms with van der Waals surface area (Å²) in [5.41, 5.74) is 2.42. The monoisotopic (exact) mass is 460 g/mol. The van der Waals surface area contributed by atoms with Crippen LogP contribution < -0.4 is 4.90 Å². The van der Waals surface area contributed by atoms with Crippen LogP contribution in [0.1, 0.15) is 18.4 Å². The number of nitrogens with zero attached hydrogens (tertiary/aromatic N) is 3. The van der Waals surface area contributed by atoms with Crippen LogP contribution in [0, 0.1) is 5.41 Å². The standard InChI is InChI=1S/C22H28N4O5S/c1-29-19(27)12-25-10-8-17(9-11-25)26(13-20(28)30-2)22-24-18(14-32-22)15-4-6-16(7-5-15)21(23)31-3/h4-7,14,17,23H,8-13H2,1-3H3. The van der Waals surface area contributed by atoms with Crippen LogP contribution in [0.15, 0.2) is 29.6 Å². The molecule has 10 heteroatoms. The number of esters is 2. The third-order valence-corrected chi connectivity index (χ3v) is 6.37. The van der Waals surface area contributed by atoms with E-state index in [0.717, 1.165) is 42.3 Å². The van der Waals surface area contributed by atoms with Crippen LogP contribution in [0.4, 0.5) is 5.13 Å². The van der Waals surface area contributed by atoms with Gasteiger partial charge in [-0.3, -0.25) is 19.9 Å². The summed E-state index contributed by atoms with van der Waals surface area (Å²) in [6.45, 7) is 1.87. The fourth-order valence-electron chi connectivity index (χ4n) is 3.63. The van der Waals surface area contributed by atoms with Crippen LogP contribution >= 0.6 is 11.3 Å². The number of carbonyl (C=O) groups is 2. The zero-order valence-corrected chi connectivity index (χ0v) is 19.3. The molecule has 32 heavy (non-hydrogen) atoms. The average Bonchev–Trinajstić information content (AvgIpc) is 3.32. The highest BCUT2D eigenvalue weighted by Crippen LogP contribution is 2.31. The molecular formula is C22H28N4O5S. The predicted molar refractivity (Wildman–Crippen MR) is 122 cm³/mol. The highest BCUT2D eigenvalue weighted by Gasteiger charge is 2.29. The molecule has 1 N–H and O–H groups in total. The first kappa shape index (κ1) is 23.7. The van der Waals surface area contributed by atoms with Gasteiger partial charge >= 0.3 is 11.9 Å².